The third-order valence-corrected chi connectivity index (χ3v) is 5.57. The highest BCUT2D eigenvalue weighted by Gasteiger charge is 2.21. The molecular formula is C18H27N5S. The van der Waals surface area contributed by atoms with Gasteiger partial charge in [-0.3, -0.25) is 14.9 Å². The molecule has 0 saturated carbocycles. The lowest BCUT2D eigenvalue weighted by molar-refractivity contribution is 0.177. The Morgan fingerprint density at radius 2 is 1.83 bits per heavy atom. The van der Waals surface area contributed by atoms with Gasteiger partial charge in [0.1, 0.15) is 0 Å². The highest BCUT2D eigenvalue weighted by molar-refractivity contribution is 7.09. The van der Waals surface area contributed by atoms with Crippen molar-refractivity contribution in [1.82, 2.24) is 24.8 Å². The Bertz CT molecular complexity index is 629. The molecule has 0 N–H and O–H groups in total. The Hall–Kier alpha value is -1.37. The number of hydrogen-bond acceptors (Lipinski definition) is 6. The van der Waals surface area contributed by atoms with E-state index in [0.717, 1.165) is 36.8 Å². The molecule has 6 heteroatoms. The maximum atomic E-state index is 4.61. The number of aromatic nitrogens is 3. The highest BCUT2D eigenvalue weighted by atomic mass is 32.1. The number of likely N-dealkylation sites (tertiary alicyclic amines) is 1. The standard InChI is InChI=1S/C18H27N5S/c1-14-18(24-13-21-14)12-23-6-4-15(5-7-23)8-16-9-20-17(10-19-16)11-22(2)3/h9-10,13,15H,4-8,11-12H2,1-3H3. The van der Waals surface area contributed by atoms with E-state index >= 15 is 0 Å². The summed E-state index contributed by atoms with van der Waals surface area (Å²) in [5.41, 5.74) is 5.32. The topological polar surface area (TPSA) is 45.2 Å². The van der Waals surface area contributed by atoms with Crippen LogP contribution in [0, 0.1) is 12.8 Å². The largest absolute Gasteiger partial charge is 0.304 e. The molecule has 24 heavy (non-hydrogen) atoms. The van der Waals surface area contributed by atoms with Crippen molar-refractivity contribution in [3.8, 4) is 0 Å². The van der Waals surface area contributed by atoms with Crippen LogP contribution < -0.4 is 0 Å². The van der Waals surface area contributed by atoms with Gasteiger partial charge in [-0.2, -0.15) is 0 Å². The van der Waals surface area contributed by atoms with E-state index in [9.17, 15) is 0 Å². The predicted molar refractivity (Wildman–Crippen MR) is 98.0 cm³/mol. The van der Waals surface area contributed by atoms with Gasteiger partial charge in [-0.1, -0.05) is 0 Å². The van der Waals surface area contributed by atoms with Gasteiger partial charge < -0.3 is 4.90 Å². The molecule has 0 unspecified atom stereocenters. The van der Waals surface area contributed by atoms with Crippen LogP contribution in [0.25, 0.3) is 0 Å². The average molecular weight is 346 g/mol. The molecule has 0 aliphatic carbocycles. The van der Waals surface area contributed by atoms with E-state index in [1.165, 1.54) is 36.5 Å². The van der Waals surface area contributed by atoms with E-state index in [-0.39, 0.29) is 0 Å². The van der Waals surface area contributed by atoms with Crippen molar-refractivity contribution in [1.29, 1.82) is 0 Å². The summed E-state index contributed by atoms with van der Waals surface area (Å²) in [5.74, 6) is 0.734. The molecule has 1 aliphatic rings. The number of hydrogen-bond donors (Lipinski definition) is 0. The van der Waals surface area contributed by atoms with Crippen LogP contribution in [0.2, 0.25) is 0 Å². The van der Waals surface area contributed by atoms with Crippen LogP contribution in [0.3, 0.4) is 0 Å². The normalized spacial score (nSPS) is 16.8. The molecule has 3 heterocycles. The van der Waals surface area contributed by atoms with Gasteiger partial charge in [-0.15, -0.1) is 11.3 Å². The molecule has 0 aromatic carbocycles. The highest BCUT2D eigenvalue weighted by Crippen LogP contribution is 2.23. The fourth-order valence-electron chi connectivity index (χ4n) is 3.22. The molecule has 0 spiro atoms. The fraction of sp³-hybridized carbons (Fsp3) is 0.611. The maximum absolute atomic E-state index is 4.61. The lowest BCUT2D eigenvalue weighted by atomic mass is 9.92. The number of thiazole rings is 1. The summed E-state index contributed by atoms with van der Waals surface area (Å²) in [5, 5.41) is 0. The van der Waals surface area contributed by atoms with Gasteiger partial charge in [0, 0.05) is 24.2 Å². The van der Waals surface area contributed by atoms with Crippen LogP contribution in [-0.4, -0.2) is 51.9 Å². The van der Waals surface area contributed by atoms with Gasteiger partial charge in [-0.05, 0) is 59.3 Å². The molecule has 1 fully saturated rings. The molecule has 0 radical (unpaired) electrons. The zero-order chi connectivity index (χ0) is 16.9. The molecule has 1 aliphatic heterocycles. The SMILES string of the molecule is Cc1ncsc1CN1CCC(Cc2cnc(CN(C)C)cn2)CC1. The van der Waals surface area contributed by atoms with Crippen molar-refractivity contribution in [2.75, 3.05) is 27.2 Å². The summed E-state index contributed by atoms with van der Waals surface area (Å²) >= 11 is 1.78. The van der Waals surface area contributed by atoms with E-state index in [2.05, 4.69) is 45.8 Å². The first kappa shape index (κ1) is 17.5. The second-order valence-corrected chi connectivity index (χ2v) is 7.96. The quantitative estimate of drug-likeness (QED) is 0.805. The third kappa shape index (κ3) is 4.82. The molecule has 0 bridgehead atoms. The second-order valence-electron chi connectivity index (χ2n) is 7.02. The van der Waals surface area contributed by atoms with Gasteiger partial charge in [0.05, 0.1) is 28.8 Å². The van der Waals surface area contributed by atoms with Crippen LogP contribution >= 0.6 is 11.3 Å². The van der Waals surface area contributed by atoms with E-state index in [1.54, 1.807) is 11.3 Å². The number of rotatable bonds is 6. The molecular weight excluding hydrogens is 318 g/mol. The Labute approximate surface area is 148 Å². The van der Waals surface area contributed by atoms with Gasteiger partial charge in [-0.25, -0.2) is 4.98 Å². The van der Waals surface area contributed by atoms with Crippen LogP contribution in [0.4, 0.5) is 0 Å². The second kappa shape index (κ2) is 8.14. The van der Waals surface area contributed by atoms with Crippen LogP contribution in [0.1, 0.15) is 34.8 Å². The van der Waals surface area contributed by atoms with Gasteiger partial charge in [0.25, 0.3) is 0 Å². The Balaban J connectivity index is 1.46. The zero-order valence-electron chi connectivity index (χ0n) is 14.9. The lowest BCUT2D eigenvalue weighted by Gasteiger charge is -2.31. The van der Waals surface area contributed by atoms with Crippen molar-refractivity contribution >= 4 is 11.3 Å². The van der Waals surface area contributed by atoms with Gasteiger partial charge >= 0.3 is 0 Å². The molecule has 2 aromatic heterocycles. The number of nitrogens with zero attached hydrogens (tertiary/aromatic N) is 5. The minimum absolute atomic E-state index is 0.734. The lowest BCUT2D eigenvalue weighted by Crippen LogP contribution is -2.33. The molecule has 130 valence electrons. The average Bonchev–Trinajstić information content (AvgIpc) is 2.96. The van der Waals surface area contributed by atoms with E-state index in [4.69, 9.17) is 0 Å². The minimum atomic E-state index is 0.734. The molecule has 0 atom stereocenters. The van der Waals surface area contributed by atoms with Crippen LogP contribution in [-0.2, 0) is 19.5 Å². The molecule has 5 nitrogen and oxygen atoms in total. The van der Waals surface area contributed by atoms with Gasteiger partial charge in [0.2, 0.25) is 0 Å². The van der Waals surface area contributed by atoms with Crippen molar-refractivity contribution in [3.05, 3.63) is 39.9 Å². The summed E-state index contributed by atoms with van der Waals surface area (Å²) in [6.45, 7) is 6.37. The predicted octanol–water partition coefficient (Wildman–Crippen LogP) is 2.76. The monoisotopic (exact) mass is 345 g/mol. The molecule has 3 rings (SSSR count). The smallest absolute Gasteiger partial charge is 0.0798 e. The van der Waals surface area contributed by atoms with Crippen molar-refractivity contribution in [2.24, 2.45) is 5.92 Å². The molecule has 1 saturated heterocycles. The van der Waals surface area contributed by atoms with E-state index in [0.29, 0.717) is 0 Å². The van der Waals surface area contributed by atoms with Gasteiger partial charge in [0.15, 0.2) is 0 Å². The summed E-state index contributed by atoms with van der Waals surface area (Å²) in [6.07, 6.45) is 7.45. The van der Waals surface area contributed by atoms with Crippen molar-refractivity contribution in [3.63, 3.8) is 0 Å². The van der Waals surface area contributed by atoms with Crippen molar-refractivity contribution < 1.29 is 0 Å². The van der Waals surface area contributed by atoms with Crippen LogP contribution in [0.5, 0.6) is 0 Å². The first-order chi connectivity index (χ1) is 11.6. The summed E-state index contributed by atoms with van der Waals surface area (Å²) < 4.78 is 0. The zero-order valence-corrected chi connectivity index (χ0v) is 15.7. The van der Waals surface area contributed by atoms with Crippen LogP contribution in [0.15, 0.2) is 17.9 Å². The number of piperidine rings is 1. The maximum Gasteiger partial charge on any atom is 0.0798 e. The third-order valence-electron chi connectivity index (χ3n) is 4.65. The Morgan fingerprint density at radius 3 is 2.42 bits per heavy atom. The summed E-state index contributed by atoms with van der Waals surface area (Å²) in [7, 11) is 4.11. The Morgan fingerprint density at radius 1 is 1.12 bits per heavy atom. The van der Waals surface area contributed by atoms with Crippen molar-refractivity contribution in [2.45, 2.75) is 39.3 Å². The first-order valence-electron chi connectivity index (χ1n) is 8.66. The number of aryl methyl sites for hydroxylation is 1. The summed E-state index contributed by atoms with van der Waals surface area (Å²) in [6, 6.07) is 0. The van der Waals surface area contributed by atoms with E-state index < -0.39 is 0 Å². The first-order valence-corrected chi connectivity index (χ1v) is 9.54. The molecule has 0 amide bonds. The van der Waals surface area contributed by atoms with E-state index in [1.807, 2.05) is 17.9 Å². The summed E-state index contributed by atoms with van der Waals surface area (Å²) in [4.78, 5) is 19.6. The fourth-order valence-corrected chi connectivity index (χ4v) is 4.04. The minimum Gasteiger partial charge on any atom is -0.304 e. The Kier molecular flexibility index (Phi) is 5.92. The molecule has 2 aromatic rings.